The van der Waals surface area contributed by atoms with Gasteiger partial charge < -0.3 is 14.2 Å². The first kappa shape index (κ1) is 18.2. The molecule has 0 saturated carbocycles. The van der Waals surface area contributed by atoms with E-state index in [0.717, 1.165) is 26.2 Å². The van der Waals surface area contributed by atoms with Gasteiger partial charge in [-0.2, -0.15) is 0 Å². The highest BCUT2D eigenvalue weighted by Crippen LogP contribution is 2.19. The standard InChI is InChI=1S/C21H23N5O2/c1-16-5-4-6-17(15-16)25-11-13-26(14-12-25)20(27)9-8-19-23-24-21(28-19)18-7-2-3-10-22-18/h2-7,10,15H,8-9,11-14H2,1H3. The van der Waals surface area contributed by atoms with Gasteiger partial charge in [0.05, 0.1) is 0 Å². The molecular formula is C21H23N5O2. The Morgan fingerprint density at radius 2 is 1.93 bits per heavy atom. The van der Waals surface area contributed by atoms with Crippen molar-refractivity contribution in [3.63, 3.8) is 0 Å². The maximum atomic E-state index is 12.6. The van der Waals surface area contributed by atoms with Gasteiger partial charge in [0, 0.05) is 50.9 Å². The van der Waals surface area contributed by atoms with E-state index in [-0.39, 0.29) is 5.91 Å². The molecule has 0 radical (unpaired) electrons. The van der Waals surface area contributed by atoms with Crippen LogP contribution in [0.3, 0.4) is 0 Å². The van der Waals surface area contributed by atoms with E-state index in [0.29, 0.717) is 30.3 Å². The molecule has 1 aliphatic rings. The van der Waals surface area contributed by atoms with Gasteiger partial charge in [0.15, 0.2) is 0 Å². The number of hydrogen-bond donors (Lipinski definition) is 0. The third-order valence-corrected chi connectivity index (χ3v) is 4.90. The molecule has 3 aromatic rings. The highest BCUT2D eigenvalue weighted by molar-refractivity contribution is 5.76. The number of rotatable bonds is 5. The number of amides is 1. The van der Waals surface area contributed by atoms with Gasteiger partial charge in [0.25, 0.3) is 5.89 Å². The number of hydrogen-bond acceptors (Lipinski definition) is 6. The molecule has 28 heavy (non-hydrogen) atoms. The van der Waals surface area contributed by atoms with E-state index < -0.39 is 0 Å². The van der Waals surface area contributed by atoms with Crippen molar-refractivity contribution in [2.24, 2.45) is 0 Å². The number of carbonyl (C=O) groups excluding carboxylic acids is 1. The zero-order chi connectivity index (χ0) is 19.3. The fourth-order valence-electron chi connectivity index (χ4n) is 3.36. The minimum absolute atomic E-state index is 0.126. The number of piperazine rings is 1. The summed E-state index contributed by atoms with van der Waals surface area (Å²) in [4.78, 5) is 21.0. The third kappa shape index (κ3) is 4.19. The average Bonchev–Trinajstić information content (AvgIpc) is 3.22. The van der Waals surface area contributed by atoms with Crippen LogP contribution in [0.1, 0.15) is 17.9 Å². The zero-order valence-corrected chi connectivity index (χ0v) is 15.9. The van der Waals surface area contributed by atoms with Crippen LogP contribution < -0.4 is 4.90 Å². The van der Waals surface area contributed by atoms with Crippen LogP contribution in [0, 0.1) is 6.92 Å². The second-order valence-corrected chi connectivity index (χ2v) is 6.92. The van der Waals surface area contributed by atoms with Crippen LogP contribution in [0.15, 0.2) is 53.1 Å². The summed E-state index contributed by atoms with van der Waals surface area (Å²) in [5.41, 5.74) is 3.11. The smallest absolute Gasteiger partial charge is 0.266 e. The SMILES string of the molecule is Cc1cccc(N2CCN(C(=O)CCc3nnc(-c4ccccn4)o3)CC2)c1. The molecule has 0 atom stereocenters. The fourth-order valence-corrected chi connectivity index (χ4v) is 3.36. The lowest BCUT2D eigenvalue weighted by molar-refractivity contribution is -0.131. The first-order valence-corrected chi connectivity index (χ1v) is 9.52. The molecule has 1 saturated heterocycles. The summed E-state index contributed by atoms with van der Waals surface area (Å²) in [5.74, 6) is 0.976. The van der Waals surface area contributed by atoms with Gasteiger partial charge in [-0.25, -0.2) is 0 Å². The summed E-state index contributed by atoms with van der Waals surface area (Å²) < 4.78 is 5.63. The van der Waals surface area contributed by atoms with Crippen LogP contribution >= 0.6 is 0 Å². The van der Waals surface area contributed by atoms with Gasteiger partial charge >= 0.3 is 0 Å². The molecule has 2 aromatic heterocycles. The van der Waals surface area contributed by atoms with Gasteiger partial charge in [-0.3, -0.25) is 9.78 Å². The molecule has 0 bridgehead atoms. The van der Waals surface area contributed by atoms with Gasteiger partial charge in [-0.05, 0) is 36.8 Å². The normalized spacial score (nSPS) is 14.3. The van der Waals surface area contributed by atoms with Crippen LogP contribution in [-0.4, -0.2) is 52.2 Å². The second-order valence-electron chi connectivity index (χ2n) is 6.92. The molecule has 4 rings (SSSR count). The molecule has 7 heteroatoms. The third-order valence-electron chi connectivity index (χ3n) is 4.90. The van der Waals surface area contributed by atoms with Crippen molar-refractivity contribution < 1.29 is 9.21 Å². The van der Waals surface area contributed by atoms with Crippen molar-refractivity contribution in [2.45, 2.75) is 19.8 Å². The maximum Gasteiger partial charge on any atom is 0.266 e. The summed E-state index contributed by atoms with van der Waals surface area (Å²) in [6, 6.07) is 14.0. The molecule has 1 fully saturated rings. The van der Waals surface area contributed by atoms with Crippen molar-refractivity contribution >= 4 is 11.6 Å². The largest absolute Gasteiger partial charge is 0.419 e. The Morgan fingerprint density at radius 1 is 1.07 bits per heavy atom. The van der Waals surface area contributed by atoms with Crippen LogP contribution in [-0.2, 0) is 11.2 Å². The Balaban J connectivity index is 1.28. The molecular weight excluding hydrogens is 354 g/mol. The van der Waals surface area contributed by atoms with E-state index in [4.69, 9.17) is 4.42 Å². The first-order valence-electron chi connectivity index (χ1n) is 9.52. The summed E-state index contributed by atoms with van der Waals surface area (Å²) >= 11 is 0. The van der Waals surface area contributed by atoms with Crippen LogP contribution in [0.25, 0.3) is 11.6 Å². The number of aryl methyl sites for hydroxylation is 2. The van der Waals surface area contributed by atoms with Crippen LogP contribution in [0.4, 0.5) is 5.69 Å². The number of pyridine rings is 1. The predicted molar refractivity (Wildman–Crippen MR) is 106 cm³/mol. The van der Waals surface area contributed by atoms with Gasteiger partial charge in [-0.1, -0.05) is 18.2 Å². The number of carbonyl (C=O) groups is 1. The molecule has 1 aromatic carbocycles. The molecule has 0 N–H and O–H groups in total. The fraction of sp³-hybridized carbons (Fsp3) is 0.333. The highest BCUT2D eigenvalue weighted by atomic mass is 16.4. The molecule has 1 aliphatic heterocycles. The lowest BCUT2D eigenvalue weighted by Gasteiger charge is -2.36. The molecule has 3 heterocycles. The minimum atomic E-state index is 0.126. The lowest BCUT2D eigenvalue weighted by Crippen LogP contribution is -2.48. The zero-order valence-electron chi connectivity index (χ0n) is 15.9. The summed E-state index contributed by atoms with van der Waals surface area (Å²) in [7, 11) is 0. The Kier molecular flexibility index (Phi) is 5.32. The first-order chi connectivity index (χ1) is 13.7. The Bertz CT molecular complexity index is 933. The van der Waals surface area contributed by atoms with Crippen molar-refractivity contribution in [1.82, 2.24) is 20.1 Å². The second kappa shape index (κ2) is 8.21. The topological polar surface area (TPSA) is 75.4 Å². The van der Waals surface area contributed by atoms with E-state index in [1.165, 1.54) is 11.3 Å². The van der Waals surface area contributed by atoms with E-state index in [1.807, 2.05) is 23.1 Å². The van der Waals surface area contributed by atoms with Crippen molar-refractivity contribution in [1.29, 1.82) is 0 Å². The Hall–Kier alpha value is -3.22. The Labute approximate surface area is 164 Å². The average molecular weight is 377 g/mol. The van der Waals surface area contributed by atoms with E-state index in [9.17, 15) is 4.79 Å². The van der Waals surface area contributed by atoms with E-state index in [1.54, 1.807) is 6.20 Å². The van der Waals surface area contributed by atoms with Gasteiger partial charge in [0.1, 0.15) is 5.69 Å². The Morgan fingerprint density at radius 3 is 2.68 bits per heavy atom. The monoisotopic (exact) mass is 377 g/mol. The maximum absolute atomic E-state index is 12.6. The van der Waals surface area contributed by atoms with Crippen molar-refractivity contribution in [3.05, 3.63) is 60.1 Å². The molecule has 1 amide bonds. The minimum Gasteiger partial charge on any atom is -0.419 e. The van der Waals surface area contributed by atoms with Crippen LogP contribution in [0.5, 0.6) is 0 Å². The number of aromatic nitrogens is 3. The van der Waals surface area contributed by atoms with Gasteiger partial charge in [-0.15, -0.1) is 10.2 Å². The molecule has 0 spiro atoms. The van der Waals surface area contributed by atoms with Crippen molar-refractivity contribution in [2.75, 3.05) is 31.1 Å². The number of benzene rings is 1. The lowest BCUT2D eigenvalue weighted by atomic mass is 10.2. The number of nitrogens with zero attached hydrogens (tertiary/aromatic N) is 5. The van der Waals surface area contributed by atoms with Gasteiger partial charge in [0.2, 0.25) is 11.8 Å². The number of anilines is 1. The van der Waals surface area contributed by atoms with Crippen LogP contribution in [0.2, 0.25) is 0 Å². The molecule has 7 nitrogen and oxygen atoms in total. The molecule has 144 valence electrons. The van der Waals surface area contributed by atoms with E-state index in [2.05, 4.69) is 51.3 Å². The quantitative estimate of drug-likeness (QED) is 0.681. The highest BCUT2D eigenvalue weighted by Gasteiger charge is 2.22. The molecule has 0 unspecified atom stereocenters. The summed E-state index contributed by atoms with van der Waals surface area (Å²) in [6.07, 6.45) is 2.49. The van der Waals surface area contributed by atoms with E-state index >= 15 is 0 Å². The summed E-state index contributed by atoms with van der Waals surface area (Å²) in [6.45, 7) is 5.25. The predicted octanol–water partition coefficient (Wildman–Crippen LogP) is 2.72. The van der Waals surface area contributed by atoms with Crippen molar-refractivity contribution in [3.8, 4) is 11.6 Å². The molecule has 0 aliphatic carbocycles. The summed E-state index contributed by atoms with van der Waals surface area (Å²) in [5, 5.41) is 8.05.